The largest absolute Gasteiger partial charge is 0.373 e. The summed E-state index contributed by atoms with van der Waals surface area (Å²) in [5.41, 5.74) is -0.372. The van der Waals surface area contributed by atoms with Crippen LogP contribution in [0.1, 0.15) is 133 Å². The molecule has 0 radical (unpaired) electrons. The Balaban J connectivity index is 0.000000391. The molecule has 0 aromatic carbocycles. The highest BCUT2D eigenvalue weighted by Gasteiger charge is 2.20. The van der Waals surface area contributed by atoms with Crippen LogP contribution in [0.3, 0.4) is 0 Å². The fourth-order valence-corrected chi connectivity index (χ4v) is 2.99. The predicted molar refractivity (Wildman–Crippen MR) is 117 cm³/mol. The first-order valence-corrected chi connectivity index (χ1v) is 11.3. The smallest absolute Gasteiger partial charge is 0.0952 e. The molecule has 0 aromatic rings. The van der Waals surface area contributed by atoms with Crippen molar-refractivity contribution in [3.05, 3.63) is 0 Å². The van der Waals surface area contributed by atoms with Crippen molar-refractivity contribution in [3.8, 4) is 0 Å². The Morgan fingerprint density at radius 3 is 1.00 bits per heavy atom. The van der Waals surface area contributed by atoms with Crippen molar-refractivity contribution in [1.29, 1.82) is 0 Å². The molecule has 2 aliphatic carbocycles. The van der Waals surface area contributed by atoms with Gasteiger partial charge in [-0.25, -0.2) is 9.78 Å². The van der Waals surface area contributed by atoms with Crippen molar-refractivity contribution >= 4 is 0 Å². The van der Waals surface area contributed by atoms with E-state index in [1.165, 1.54) is 70.6 Å². The first kappa shape index (κ1) is 26.9. The highest BCUT2D eigenvalue weighted by Crippen LogP contribution is 2.24. The quantitative estimate of drug-likeness (QED) is 0.355. The molecule has 164 valence electrons. The molecule has 0 aromatic heterocycles. The standard InChI is InChI=1S/C10H20O.C8H18O2.C6H12/c1-10(2,3)11-9-7-5-4-6-8-9;1-7(2,3)9-10-8(4,5)6;1-2-4-6-5-3-1/h9H,4-8H2,1-3H3;1-6H3;1-6H2. The summed E-state index contributed by atoms with van der Waals surface area (Å²) in [6.07, 6.45) is 16.2. The zero-order chi connectivity index (χ0) is 21.0. The molecule has 0 unspecified atom stereocenters. The van der Waals surface area contributed by atoms with Gasteiger partial charge < -0.3 is 4.74 Å². The second kappa shape index (κ2) is 13.2. The molecule has 3 heteroatoms. The second-order valence-corrected chi connectivity index (χ2v) is 11.0. The normalized spacial score (nSPS) is 19.4. The lowest BCUT2D eigenvalue weighted by Crippen LogP contribution is -2.28. The molecule has 27 heavy (non-hydrogen) atoms. The molecular weight excluding hydrogens is 336 g/mol. The Bertz CT molecular complexity index is 309. The minimum absolute atomic E-state index is 0.0575. The fraction of sp³-hybridized carbons (Fsp3) is 1.00. The predicted octanol–water partition coefficient (Wildman–Crippen LogP) is 8.01. The first-order chi connectivity index (χ1) is 12.3. The minimum atomic E-state index is -0.215. The van der Waals surface area contributed by atoms with Gasteiger partial charge in [0.05, 0.1) is 22.9 Å². The molecule has 2 aliphatic rings. The molecule has 0 heterocycles. The number of hydrogen-bond acceptors (Lipinski definition) is 3. The Morgan fingerprint density at radius 1 is 0.444 bits per heavy atom. The van der Waals surface area contributed by atoms with Gasteiger partial charge in [-0.3, -0.25) is 0 Å². The molecule has 0 aliphatic heterocycles. The molecule has 0 spiro atoms. The van der Waals surface area contributed by atoms with Gasteiger partial charge >= 0.3 is 0 Å². The monoisotopic (exact) mass is 386 g/mol. The van der Waals surface area contributed by atoms with Crippen molar-refractivity contribution in [2.45, 2.75) is 156 Å². The summed E-state index contributed by atoms with van der Waals surface area (Å²) in [5, 5.41) is 0. The lowest BCUT2D eigenvalue weighted by atomic mass is 9.97. The maximum absolute atomic E-state index is 5.88. The molecule has 0 saturated heterocycles. The van der Waals surface area contributed by atoms with Crippen LogP contribution in [0.5, 0.6) is 0 Å². The van der Waals surface area contributed by atoms with Crippen LogP contribution in [0.4, 0.5) is 0 Å². The van der Waals surface area contributed by atoms with Crippen molar-refractivity contribution in [1.82, 2.24) is 0 Å². The van der Waals surface area contributed by atoms with E-state index in [2.05, 4.69) is 20.8 Å². The third kappa shape index (κ3) is 22.0. The molecule has 0 N–H and O–H groups in total. The maximum atomic E-state index is 5.88. The maximum Gasteiger partial charge on any atom is 0.0952 e. The van der Waals surface area contributed by atoms with Gasteiger partial charge in [0, 0.05) is 0 Å². The van der Waals surface area contributed by atoms with Gasteiger partial charge in [0.2, 0.25) is 0 Å². The van der Waals surface area contributed by atoms with E-state index < -0.39 is 0 Å². The van der Waals surface area contributed by atoms with Gasteiger partial charge in [-0.1, -0.05) is 57.8 Å². The third-order valence-electron chi connectivity index (χ3n) is 4.11. The topological polar surface area (TPSA) is 27.7 Å². The summed E-state index contributed by atoms with van der Waals surface area (Å²) in [5.74, 6) is 0. The van der Waals surface area contributed by atoms with E-state index >= 15 is 0 Å². The average molecular weight is 387 g/mol. The van der Waals surface area contributed by atoms with Crippen LogP contribution in [-0.4, -0.2) is 22.9 Å². The van der Waals surface area contributed by atoms with Crippen molar-refractivity contribution < 1.29 is 14.5 Å². The van der Waals surface area contributed by atoms with Crippen LogP contribution >= 0.6 is 0 Å². The van der Waals surface area contributed by atoms with E-state index in [1.807, 2.05) is 41.5 Å². The highest BCUT2D eigenvalue weighted by atomic mass is 17.2. The summed E-state index contributed by atoms with van der Waals surface area (Å²) in [7, 11) is 0. The third-order valence-corrected chi connectivity index (χ3v) is 4.11. The van der Waals surface area contributed by atoms with Crippen LogP contribution in [0.2, 0.25) is 0 Å². The molecule has 2 fully saturated rings. The SMILES string of the molecule is C1CCCCC1.CC(C)(C)OC1CCCCC1.CC(C)(C)OOC(C)(C)C. The van der Waals surface area contributed by atoms with Gasteiger partial charge in [-0.2, -0.15) is 0 Å². The Kier molecular flexibility index (Phi) is 13.1. The van der Waals surface area contributed by atoms with E-state index in [0.29, 0.717) is 6.10 Å². The molecule has 0 atom stereocenters. The number of rotatable bonds is 2. The lowest BCUT2D eigenvalue weighted by Gasteiger charge is -2.30. The number of hydrogen-bond donors (Lipinski definition) is 0. The zero-order valence-electron chi connectivity index (χ0n) is 20.1. The lowest BCUT2D eigenvalue weighted by molar-refractivity contribution is -0.393. The molecular formula is C24H50O3. The van der Waals surface area contributed by atoms with E-state index in [1.54, 1.807) is 0 Å². The fourth-order valence-electron chi connectivity index (χ4n) is 2.99. The molecule has 0 amide bonds. The van der Waals surface area contributed by atoms with Gasteiger partial charge in [0.15, 0.2) is 0 Å². The number of ether oxygens (including phenoxy) is 1. The molecule has 0 bridgehead atoms. The van der Waals surface area contributed by atoms with Crippen LogP contribution in [0.25, 0.3) is 0 Å². The minimum Gasteiger partial charge on any atom is -0.373 e. The summed E-state index contributed by atoms with van der Waals surface area (Å²) >= 11 is 0. The van der Waals surface area contributed by atoms with E-state index in [9.17, 15) is 0 Å². The van der Waals surface area contributed by atoms with Crippen LogP contribution in [-0.2, 0) is 14.5 Å². The summed E-state index contributed by atoms with van der Waals surface area (Å²) in [4.78, 5) is 10.2. The zero-order valence-corrected chi connectivity index (χ0v) is 20.1. The van der Waals surface area contributed by atoms with Crippen molar-refractivity contribution in [3.63, 3.8) is 0 Å². The van der Waals surface area contributed by atoms with Gasteiger partial charge in [0.25, 0.3) is 0 Å². The highest BCUT2D eigenvalue weighted by molar-refractivity contribution is 4.70. The Morgan fingerprint density at radius 2 is 0.741 bits per heavy atom. The van der Waals surface area contributed by atoms with E-state index in [4.69, 9.17) is 14.5 Å². The van der Waals surface area contributed by atoms with Gasteiger partial charge in [0.1, 0.15) is 0 Å². The van der Waals surface area contributed by atoms with Crippen LogP contribution < -0.4 is 0 Å². The Hall–Kier alpha value is -0.120. The van der Waals surface area contributed by atoms with Gasteiger partial charge in [-0.05, 0) is 75.2 Å². The summed E-state index contributed by atoms with van der Waals surface area (Å²) in [6, 6.07) is 0. The van der Waals surface area contributed by atoms with Crippen LogP contribution in [0.15, 0.2) is 0 Å². The van der Waals surface area contributed by atoms with Crippen molar-refractivity contribution in [2.24, 2.45) is 0 Å². The average Bonchev–Trinajstić information content (AvgIpc) is 2.54. The Labute approximate surface area is 170 Å². The van der Waals surface area contributed by atoms with Crippen LogP contribution in [0, 0.1) is 0 Å². The molecule has 2 saturated carbocycles. The second-order valence-electron chi connectivity index (χ2n) is 11.0. The van der Waals surface area contributed by atoms with Crippen molar-refractivity contribution in [2.75, 3.05) is 0 Å². The van der Waals surface area contributed by atoms with E-state index in [-0.39, 0.29) is 16.8 Å². The summed E-state index contributed by atoms with van der Waals surface area (Å²) in [6.45, 7) is 18.2. The summed E-state index contributed by atoms with van der Waals surface area (Å²) < 4.78 is 5.88. The first-order valence-electron chi connectivity index (χ1n) is 11.3. The molecule has 3 nitrogen and oxygen atoms in total. The van der Waals surface area contributed by atoms with Gasteiger partial charge in [-0.15, -0.1) is 0 Å². The van der Waals surface area contributed by atoms with E-state index in [0.717, 1.165) is 0 Å². The molecule has 2 rings (SSSR count).